The van der Waals surface area contributed by atoms with Crippen LogP contribution in [0, 0.1) is 5.41 Å². The Morgan fingerprint density at radius 2 is 2.12 bits per heavy atom. The molecule has 4 nitrogen and oxygen atoms in total. The van der Waals surface area contributed by atoms with Gasteiger partial charge in [-0.2, -0.15) is 11.3 Å². The zero-order chi connectivity index (χ0) is 17.4. The molecule has 4 rings (SSSR count). The van der Waals surface area contributed by atoms with Crippen LogP contribution in [0.5, 0.6) is 0 Å². The first-order valence-electron chi connectivity index (χ1n) is 8.71. The molecule has 1 spiro atoms. The summed E-state index contributed by atoms with van der Waals surface area (Å²) in [6.45, 7) is 4.30. The first-order valence-corrected chi connectivity index (χ1v) is 10.5. The van der Waals surface area contributed by atoms with Crippen LogP contribution >= 0.6 is 22.7 Å². The Hall–Kier alpha value is -1.50. The van der Waals surface area contributed by atoms with Crippen LogP contribution in [0.25, 0.3) is 0 Å². The minimum Gasteiger partial charge on any atom is -0.330 e. The van der Waals surface area contributed by atoms with Crippen molar-refractivity contribution in [2.45, 2.75) is 38.8 Å². The van der Waals surface area contributed by atoms with Gasteiger partial charge in [0, 0.05) is 23.5 Å². The quantitative estimate of drug-likeness (QED) is 0.810. The second-order valence-corrected chi connectivity index (χ2v) is 8.84. The standard InChI is InChI=1S/C19H22N2O2S2/c1-13(22)15-8-16(25-12-15)18(23)21(10-14-2-7-24-11-14)17-9-19(17)3-5-20-6-4-19/h2,7-8,11-12,17,20H,3-6,9-10H2,1H3. The molecule has 6 heteroatoms. The van der Waals surface area contributed by atoms with E-state index in [1.165, 1.54) is 16.9 Å². The molecule has 3 heterocycles. The largest absolute Gasteiger partial charge is 0.330 e. The smallest absolute Gasteiger partial charge is 0.264 e. The van der Waals surface area contributed by atoms with Crippen LogP contribution < -0.4 is 5.32 Å². The molecule has 132 valence electrons. The molecule has 2 fully saturated rings. The number of piperidine rings is 1. The van der Waals surface area contributed by atoms with Gasteiger partial charge in [0.15, 0.2) is 5.78 Å². The van der Waals surface area contributed by atoms with Crippen molar-refractivity contribution in [3.8, 4) is 0 Å². The van der Waals surface area contributed by atoms with Crippen molar-refractivity contribution in [3.63, 3.8) is 0 Å². The Bertz CT molecular complexity index is 775. The molecule has 0 radical (unpaired) electrons. The number of carbonyl (C=O) groups excluding carboxylic acids is 2. The van der Waals surface area contributed by atoms with Crippen molar-refractivity contribution in [2.24, 2.45) is 5.41 Å². The molecule has 0 aromatic carbocycles. The molecule has 1 unspecified atom stereocenters. The highest BCUT2D eigenvalue weighted by atomic mass is 32.1. The number of nitrogens with one attached hydrogen (secondary N) is 1. The zero-order valence-corrected chi connectivity index (χ0v) is 15.9. The fourth-order valence-electron chi connectivity index (χ4n) is 3.91. The lowest BCUT2D eigenvalue weighted by Gasteiger charge is -2.29. The predicted octanol–water partition coefficient (Wildman–Crippen LogP) is 3.80. The van der Waals surface area contributed by atoms with E-state index in [1.807, 2.05) is 0 Å². The fourth-order valence-corrected chi connectivity index (χ4v) is 5.47. The maximum atomic E-state index is 13.2. The summed E-state index contributed by atoms with van der Waals surface area (Å²) in [4.78, 5) is 27.5. The van der Waals surface area contributed by atoms with Crippen LogP contribution in [-0.2, 0) is 6.54 Å². The lowest BCUT2D eigenvalue weighted by atomic mass is 9.93. The predicted molar refractivity (Wildman–Crippen MR) is 101 cm³/mol. The number of hydrogen-bond acceptors (Lipinski definition) is 5. The Labute approximate surface area is 155 Å². The van der Waals surface area contributed by atoms with Crippen molar-refractivity contribution < 1.29 is 9.59 Å². The Morgan fingerprint density at radius 1 is 1.32 bits per heavy atom. The topological polar surface area (TPSA) is 49.4 Å². The third-order valence-corrected chi connectivity index (χ3v) is 7.18. The van der Waals surface area contributed by atoms with Gasteiger partial charge in [0.2, 0.25) is 0 Å². The SMILES string of the molecule is CC(=O)c1csc(C(=O)N(Cc2ccsc2)C2CC23CCNCC3)c1. The van der Waals surface area contributed by atoms with E-state index in [1.54, 1.807) is 29.7 Å². The van der Waals surface area contributed by atoms with Gasteiger partial charge in [0.1, 0.15) is 0 Å². The molecule has 1 amide bonds. The van der Waals surface area contributed by atoms with E-state index in [4.69, 9.17) is 0 Å². The van der Waals surface area contributed by atoms with Crippen LogP contribution in [0.3, 0.4) is 0 Å². The van der Waals surface area contributed by atoms with Gasteiger partial charge in [-0.1, -0.05) is 0 Å². The van der Waals surface area contributed by atoms with E-state index in [0.717, 1.165) is 32.4 Å². The van der Waals surface area contributed by atoms with E-state index >= 15 is 0 Å². The lowest BCUT2D eigenvalue weighted by Crippen LogP contribution is -2.38. The van der Waals surface area contributed by atoms with Gasteiger partial charge >= 0.3 is 0 Å². The van der Waals surface area contributed by atoms with Crippen LogP contribution in [0.15, 0.2) is 28.3 Å². The van der Waals surface area contributed by atoms with Crippen molar-refractivity contribution >= 4 is 34.4 Å². The zero-order valence-electron chi connectivity index (χ0n) is 14.3. The first-order chi connectivity index (χ1) is 12.1. The third kappa shape index (κ3) is 3.30. The highest BCUT2D eigenvalue weighted by Crippen LogP contribution is 2.56. The molecule has 0 bridgehead atoms. The van der Waals surface area contributed by atoms with E-state index in [0.29, 0.717) is 28.4 Å². The minimum absolute atomic E-state index is 0.0148. The number of carbonyl (C=O) groups is 2. The van der Waals surface area contributed by atoms with E-state index < -0.39 is 0 Å². The summed E-state index contributed by atoms with van der Waals surface area (Å²) in [5.41, 5.74) is 2.13. The van der Waals surface area contributed by atoms with Gasteiger partial charge in [-0.3, -0.25) is 9.59 Å². The van der Waals surface area contributed by atoms with Crippen LogP contribution in [0.2, 0.25) is 0 Å². The molecule has 1 atom stereocenters. The highest BCUT2D eigenvalue weighted by Gasteiger charge is 2.57. The summed E-state index contributed by atoms with van der Waals surface area (Å²) in [5, 5.41) is 9.40. The Kier molecular flexibility index (Phi) is 4.52. The summed E-state index contributed by atoms with van der Waals surface area (Å²) in [7, 11) is 0. The van der Waals surface area contributed by atoms with Gasteiger partial charge in [-0.25, -0.2) is 0 Å². The Balaban J connectivity index is 1.58. The van der Waals surface area contributed by atoms with Crippen LogP contribution in [-0.4, -0.2) is 35.7 Å². The number of hydrogen-bond donors (Lipinski definition) is 1. The summed E-state index contributed by atoms with van der Waals surface area (Å²) < 4.78 is 0. The second kappa shape index (κ2) is 6.67. The summed E-state index contributed by atoms with van der Waals surface area (Å²) in [6, 6.07) is 4.18. The van der Waals surface area contributed by atoms with Gasteiger partial charge in [-0.15, -0.1) is 11.3 Å². The summed E-state index contributed by atoms with van der Waals surface area (Å²) in [5.74, 6) is 0.0880. The van der Waals surface area contributed by atoms with Crippen molar-refractivity contribution in [3.05, 3.63) is 44.3 Å². The number of ketones is 1. The molecule has 2 aliphatic rings. The highest BCUT2D eigenvalue weighted by molar-refractivity contribution is 7.12. The summed E-state index contributed by atoms with van der Waals surface area (Å²) in [6.07, 6.45) is 3.40. The third-order valence-electron chi connectivity index (χ3n) is 5.53. The molecular formula is C19H22N2O2S2. The molecule has 1 saturated carbocycles. The maximum absolute atomic E-state index is 13.2. The molecule has 2 aromatic rings. The average molecular weight is 375 g/mol. The molecule has 2 aromatic heterocycles. The minimum atomic E-state index is 0.0148. The van der Waals surface area contributed by atoms with Crippen molar-refractivity contribution in [2.75, 3.05) is 13.1 Å². The van der Waals surface area contributed by atoms with Gasteiger partial charge in [-0.05, 0) is 73.1 Å². The molecule has 1 aliphatic carbocycles. The second-order valence-electron chi connectivity index (χ2n) is 7.15. The molecule has 25 heavy (non-hydrogen) atoms. The normalized spacial score (nSPS) is 21.2. The first kappa shape index (κ1) is 16.9. The monoisotopic (exact) mass is 374 g/mol. The summed E-state index contributed by atoms with van der Waals surface area (Å²) >= 11 is 3.05. The van der Waals surface area contributed by atoms with E-state index in [2.05, 4.69) is 27.0 Å². The number of thiophene rings is 2. The van der Waals surface area contributed by atoms with E-state index in [-0.39, 0.29) is 11.7 Å². The van der Waals surface area contributed by atoms with Crippen LogP contribution in [0.4, 0.5) is 0 Å². The van der Waals surface area contributed by atoms with E-state index in [9.17, 15) is 9.59 Å². The van der Waals surface area contributed by atoms with Gasteiger partial charge in [0.25, 0.3) is 5.91 Å². The van der Waals surface area contributed by atoms with Crippen molar-refractivity contribution in [1.29, 1.82) is 0 Å². The number of rotatable bonds is 5. The fraction of sp³-hybridized carbons (Fsp3) is 0.474. The molecule has 1 aliphatic heterocycles. The average Bonchev–Trinajstić information content (AvgIpc) is 3.06. The van der Waals surface area contributed by atoms with Crippen molar-refractivity contribution in [1.82, 2.24) is 10.2 Å². The number of nitrogens with zero attached hydrogens (tertiary/aromatic N) is 1. The van der Waals surface area contributed by atoms with Gasteiger partial charge in [0.05, 0.1) is 4.88 Å². The molecule has 1 N–H and O–H groups in total. The number of Topliss-reactive ketones (excluding diaryl/α,β-unsaturated/α-hetero) is 1. The van der Waals surface area contributed by atoms with Gasteiger partial charge < -0.3 is 10.2 Å². The Morgan fingerprint density at radius 3 is 2.76 bits per heavy atom. The maximum Gasteiger partial charge on any atom is 0.264 e. The molecule has 1 saturated heterocycles. The molecular weight excluding hydrogens is 352 g/mol. The number of amides is 1. The lowest BCUT2D eigenvalue weighted by molar-refractivity contribution is 0.0697. The van der Waals surface area contributed by atoms with Crippen LogP contribution in [0.1, 0.15) is 51.8 Å².